The second-order valence-corrected chi connectivity index (χ2v) is 9.47. The van der Waals surface area contributed by atoms with Crippen molar-refractivity contribution in [3.8, 4) is 5.75 Å². The summed E-state index contributed by atoms with van der Waals surface area (Å²) < 4.78 is 6.69. The van der Waals surface area contributed by atoms with Gasteiger partial charge in [0.05, 0.1) is 22.7 Å². The Kier molecular flexibility index (Phi) is 7.93. The SMILES string of the molecule is CCOc1ccc2nc(N(CCCN(C)C)C(=O)C(c3ccccc3)c3ccccc3)sc2c1. The number of carbonyl (C=O) groups is 1. The van der Waals surface area contributed by atoms with E-state index in [-0.39, 0.29) is 5.91 Å². The third kappa shape index (κ3) is 5.64. The fraction of sp³-hybridized carbons (Fsp3) is 0.286. The van der Waals surface area contributed by atoms with Crippen molar-refractivity contribution in [1.82, 2.24) is 9.88 Å². The number of hydrogen-bond donors (Lipinski definition) is 0. The van der Waals surface area contributed by atoms with Crippen LogP contribution in [0.4, 0.5) is 5.13 Å². The molecule has 6 heteroatoms. The molecular weight excluding hydrogens is 442 g/mol. The van der Waals surface area contributed by atoms with Crippen LogP contribution >= 0.6 is 11.3 Å². The third-order valence-corrected chi connectivity index (χ3v) is 6.70. The van der Waals surface area contributed by atoms with E-state index in [9.17, 15) is 4.79 Å². The zero-order valence-corrected chi connectivity index (χ0v) is 20.8. The lowest BCUT2D eigenvalue weighted by atomic mass is 9.90. The highest BCUT2D eigenvalue weighted by Crippen LogP contribution is 2.35. The van der Waals surface area contributed by atoms with Gasteiger partial charge in [-0.15, -0.1) is 0 Å². The quantitative estimate of drug-likeness (QED) is 0.291. The van der Waals surface area contributed by atoms with Crippen LogP contribution < -0.4 is 9.64 Å². The number of carbonyl (C=O) groups excluding carboxylic acids is 1. The molecule has 0 aliphatic rings. The molecule has 0 N–H and O–H groups in total. The fourth-order valence-corrected chi connectivity index (χ4v) is 5.06. The van der Waals surface area contributed by atoms with Crippen LogP contribution in [0.15, 0.2) is 78.9 Å². The van der Waals surface area contributed by atoms with Crippen LogP contribution in [0.2, 0.25) is 0 Å². The third-order valence-electron chi connectivity index (χ3n) is 5.66. The Morgan fingerprint density at radius 1 is 0.941 bits per heavy atom. The predicted octanol–water partition coefficient (Wildman–Crippen LogP) is 5.81. The van der Waals surface area contributed by atoms with E-state index in [2.05, 4.69) is 19.0 Å². The maximum Gasteiger partial charge on any atom is 0.240 e. The van der Waals surface area contributed by atoms with Gasteiger partial charge in [-0.1, -0.05) is 72.0 Å². The van der Waals surface area contributed by atoms with E-state index in [0.717, 1.165) is 45.2 Å². The van der Waals surface area contributed by atoms with Gasteiger partial charge < -0.3 is 9.64 Å². The molecule has 3 aromatic carbocycles. The van der Waals surface area contributed by atoms with Crippen LogP contribution in [0.25, 0.3) is 10.2 Å². The fourth-order valence-electron chi connectivity index (χ4n) is 4.03. The summed E-state index contributed by atoms with van der Waals surface area (Å²) in [5.41, 5.74) is 2.84. The summed E-state index contributed by atoms with van der Waals surface area (Å²) in [4.78, 5) is 23.1. The Labute approximate surface area is 205 Å². The standard InChI is InChI=1S/C28H31N3O2S/c1-4-33-23-16-17-24-25(20-23)34-28(29-24)31(19-11-18-30(2)3)27(32)26(21-12-7-5-8-13-21)22-14-9-6-10-15-22/h5-10,12-17,20,26H,4,11,18-19H2,1-3H3. The normalized spacial score (nSPS) is 11.3. The van der Waals surface area contributed by atoms with Crippen molar-refractivity contribution in [1.29, 1.82) is 0 Å². The van der Waals surface area contributed by atoms with E-state index in [4.69, 9.17) is 9.72 Å². The molecular formula is C28H31N3O2S. The lowest BCUT2D eigenvalue weighted by Crippen LogP contribution is -2.37. The second kappa shape index (κ2) is 11.3. The van der Waals surface area contributed by atoms with E-state index in [1.807, 2.05) is 90.7 Å². The monoisotopic (exact) mass is 473 g/mol. The minimum Gasteiger partial charge on any atom is -0.494 e. The number of hydrogen-bond acceptors (Lipinski definition) is 5. The van der Waals surface area contributed by atoms with Crippen LogP contribution in [0.3, 0.4) is 0 Å². The Balaban J connectivity index is 1.74. The number of rotatable bonds is 10. The number of aromatic nitrogens is 1. The van der Waals surface area contributed by atoms with Crippen molar-refractivity contribution < 1.29 is 9.53 Å². The summed E-state index contributed by atoms with van der Waals surface area (Å²) >= 11 is 1.54. The van der Waals surface area contributed by atoms with Gasteiger partial charge in [-0.25, -0.2) is 4.98 Å². The minimum atomic E-state index is -0.396. The molecule has 1 aromatic heterocycles. The highest BCUT2D eigenvalue weighted by Gasteiger charge is 2.30. The lowest BCUT2D eigenvalue weighted by Gasteiger charge is -2.26. The molecule has 0 aliphatic carbocycles. The molecule has 5 nitrogen and oxygen atoms in total. The number of benzene rings is 3. The van der Waals surface area contributed by atoms with E-state index in [1.165, 1.54) is 0 Å². The Hall–Kier alpha value is -3.22. The van der Waals surface area contributed by atoms with Crippen LogP contribution in [0.5, 0.6) is 5.75 Å². The first kappa shape index (κ1) is 23.9. The first-order chi connectivity index (χ1) is 16.6. The van der Waals surface area contributed by atoms with Gasteiger partial charge in [-0.3, -0.25) is 9.69 Å². The molecule has 0 saturated heterocycles. The highest BCUT2D eigenvalue weighted by atomic mass is 32.1. The van der Waals surface area contributed by atoms with E-state index < -0.39 is 5.92 Å². The number of anilines is 1. The van der Waals surface area contributed by atoms with Crippen molar-refractivity contribution in [3.05, 3.63) is 90.0 Å². The molecule has 0 saturated carbocycles. The molecule has 0 bridgehead atoms. The molecule has 0 unspecified atom stereocenters. The molecule has 0 spiro atoms. The van der Waals surface area contributed by atoms with Gasteiger partial charge in [0.25, 0.3) is 0 Å². The average molecular weight is 474 g/mol. The van der Waals surface area contributed by atoms with Crippen LogP contribution in [-0.4, -0.2) is 49.6 Å². The summed E-state index contributed by atoms with van der Waals surface area (Å²) in [6.45, 7) is 4.08. The van der Waals surface area contributed by atoms with Gasteiger partial charge in [-0.05, 0) is 63.3 Å². The summed E-state index contributed by atoms with van der Waals surface area (Å²) in [6.07, 6.45) is 0.856. The Morgan fingerprint density at radius 2 is 1.59 bits per heavy atom. The zero-order chi connectivity index (χ0) is 23.9. The summed E-state index contributed by atoms with van der Waals surface area (Å²) in [5.74, 6) is 0.468. The maximum absolute atomic E-state index is 14.2. The highest BCUT2D eigenvalue weighted by molar-refractivity contribution is 7.22. The molecule has 4 aromatic rings. The molecule has 0 atom stereocenters. The van der Waals surface area contributed by atoms with Gasteiger partial charge in [0, 0.05) is 6.54 Å². The topological polar surface area (TPSA) is 45.7 Å². The smallest absolute Gasteiger partial charge is 0.240 e. The Bertz CT molecular complexity index is 1170. The number of nitrogens with zero attached hydrogens (tertiary/aromatic N) is 3. The molecule has 1 amide bonds. The summed E-state index contributed by atoms with van der Waals surface area (Å²) in [7, 11) is 4.10. The van der Waals surface area contributed by atoms with Crippen molar-refractivity contribution in [3.63, 3.8) is 0 Å². The van der Waals surface area contributed by atoms with E-state index in [1.54, 1.807) is 11.3 Å². The molecule has 0 fully saturated rings. The number of ether oxygens (including phenoxy) is 1. The van der Waals surface area contributed by atoms with Gasteiger partial charge in [0.2, 0.25) is 5.91 Å². The molecule has 0 aliphatic heterocycles. The summed E-state index contributed by atoms with van der Waals surface area (Å²) in [6, 6.07) is 25.9. The van der Waals surface area contributed by atoms with Crippen LogP contribution in [0, 0.1) is 0 Å². The first-order valence-corrected chi connectivity index (χ1v) is 12.5. The molecule has 4 rings (SSSR count). The van der Waals surface area contributed by atoms with Gasteiger partial charge in [0.1, 0.15) is 5.75 Å². The average Bonchev–Trinajstić information content (AvgIpc) is 3.26. The zero-order valence-electron chi connectivity index (χ0n) is 20.0. The number of fused-ring (bicyclic) bond motifs is 1. The van der Waals surface area contributed by atoms with E-state index >= 15 is 0 Å². The van der Waals surface area contributed by atoms with Gasteiger partial charge in [0.15, 0.2) is 5.13 Å². The van der Waals surface area contributed by atoms with Gasteiger partial charge in [-0.2, -0.15) is 0 Å². The van der Waals surface area contributed by atoms with Crippen molar-refractivity contribution in [2.24, 2.45) is 0 Å². The minimum absolute atomic E-state index is 0.0419. The first-order valence-electron chi connectivity index (χ1n) is 11.7. The Morgan fingerprint density at radius 3 is 2.18 bits per heavy atom. The second-order valence-electron chi connectivity index (χ2n) is 8.46. The number of thiazole rings is 1. The molecule has 34 heavy (non-hydrogen) atoms. The van der Waals surface area contributed by atoms with Crippen molar-refractivity contribution >= 4 is 32.6 Å². The molecule has 176 valence electrons. The van der Waals surface area contributed by atoms with Crippen molar-refractivity contribution in [2.75, 3.05) is 38.7 Å². The predicted molar refractivity (Wildman–Crippen MR) is 141 cm³/mol. The van der Waals surface area contributed by atoms with Crippen molar-refractivity contribution in [2.45, 2.75) is 19.3 Å². The lowest BCUT2D eigenvalue weighted by molar-refractivity contribution is -0.119. The molecule has 1 heterocycles. The molecule has 0 radical (unpaired) electrons. The summed E-state index contributed by atoms with van der Waals surface area (Å²) in [5, 5.41) is 0.726. The number of amides is 1. The van der Waals surface area contributed by atoms with Crippen LogP contribution in [0.1, 0.15) is 30.4 Å². The van der Waals surface area contributed by atoms with Gasteiger partial charge >= 0.3 is 0 Å². The van der Waals surface area contributed by atoms with E-state index in [0.29, 0.717) is 13.2 Å². The largest absolute Gasteiger partial charge is 0.494 e. The maximum atomic E-state index is 14.2. The van der Waals surface area contributed by atoms with Crippen LogP contribution in [-0.2, 0) is 4.79 Å².